The van der Waals surface area contributed by atoms with E-state index in [-0.39, 0.29) is 5.84 Å². The average Bonchev–Trinajstić information content (AvgIpc) is 3.15. The molecule has 0 spiro atoms. The second-order valence-electron chi connectivity index (χ2n) is 5.85. The van der Waals surface area contributed by atoms with Crippen LogP contribution in [0.2, 0.25) is 0 Å². The maximum absolute atomic E-state index is 10.1. The maximum atomic E-state index is 10.1. The number of nitrogens with zero attached hydrogens (tertiary/aromatic N) is 2. The van der Waals surface area contributed by atoms with Gasteiger partial charge in [0.05, 0.1) is 25.4 Å². The lowest BCUT2D eigenvalue weighted by Crippen LogP contribution is -2.91. The first-order valence-electron chi connectivity index (χ1n) is 7.76. The fourth-order valence-electron chi connectivity index (χ4n) is 4.01. The largest absolute Gasteiger partial charge is 0.343 e. The molecule has 3 rings (SSSR count). The molecule has 0 bridgehead atoms. The standard InChI is InChI=1S/C17H17BrN4O2/c1-3-23-17(24-4-2)16(10-20)13(11-5-7-12(18)8-6-11)15(16,9-19)14(21)22-17/h5-8,13H,3-4H2,1-2H3,(H2,21,22)/p+1/t13-,15-,16-/m1/s1. The van der Waals surface area contributed by atoms with Crippen LogP contribution in [-0.4, -0.2) is 25.0 Å². The number of nitrogens with one attached hydrogen (secondary N) is 1. The second-order valence-corrected chi connectivity index (χ2v) is 6.76. The second kappa shape index (κ2) is 5.56. The van der Waals surface area contributed by atoms with Crippen molar-refractivity contribution in [3.63, 3.8) is 0 Å². The number of benzene rings is 1. The Labute approximate surface area is 149 Å². The van der Waals surface area contributed by atoms with Gasteiger partial charge in [-0.2, -0.15) is 10.5 Å². The molecule has 7 heteroatoms. The number of nitrogens with two attached hydrogens (primary N) is 1. The zero-order chi connectivity index (χ0) is 17.6. The van der Waals surface area contributed by atoms with Gasteiger partial charge in [-0.1, -0.05) is 28.1 Å². The Hall–Kier alpha value is -1.93. The molecule has 6 nitrogen and oxygen atoms in total. The zero-order valence-corrected chi connectivity index (χ0v) is 15.1. The summed E-state index contributed by atoms with van der Waals surface area (Å²) in [5.74, 6) is -1.63. The highest BCUT2D eigenvalue weighted by atomic mass is 79.9. The number of hydrogen-bond acceptors (Lipinski definition) is 5. The third kappa shape index (κ3) is 1.72. The summed E-state index contributed by atoms with van der Waals surface area (Å²) in [7, 11) is 0. The minimum Gasteiger partial charge on any atom is -0.314 e. The third-order valence-electron chi connectivity index (χ3n) is 4.90. The summed E-state index contributed by atoms with van der Waals surface area (Å²) in [4.78, 5) is 2.96. The molecule has 24 heavy (non-hydrogen) atoms. The number of hydrogen-bond donors (Lipinski definition) is 2. The molecule has 2 aliphatic rings. The van der Waals surface area contributed by atoms with Gasteiger partial charge in [0, 0.05) is 10.4 Å². The summed E-state index contributed by atoms with van der Waals surface area (Å²) >= 11 is 3.40. The van der Waals surface area contributed by atoms with E-state index in [1.807, 2.05) is 38.1 Å². The molecule has 0 amide bonds. The van der Waals surface area contributed by atoms with Gasteiger partial charge in [0.25, 0.3) is 5.84 Å². The molecular weight excluding hydrogens is 372 g/mol. The predicted molar refractivity (Wildman–Crippen MR) is 89.1 cm³/mol. The number of amidine groups is 1. The Morgan fingerprint density at radius 2 is 1.75 bits per heavy atom. The van der Waals surface area contributed by atoms with Crippen molar-refractivity contribution in [2.24, 2.45) is 16.6 Å². The molecule has 0 unspecified atom stereocenters. The van der Waals surface area contributed by atoms with Gasteiger partial charge in [0.2, 0.25) is 0 Å². The van der Waals surface area contributed by atoms with Crippen LogP contribution in [0.25, 0.3) is 0 Å². The summed E-state index contributed by atoms with van der Waals surface area (Å²) in [6.45, 7) is 4.26. The fourth-order valence-corrected chi connectivity index (χ4v) is 4.27. The normalized spacial score (nSPS) is 32.4. The minimum atomic E-state index is -1.43. The van der Waals surface area contributed by atoms with Crippen molar-refractivity contribution in [3.8, 4) is 12.1 Å². The van der Waals surface area contributed by atoms with Crippen molar-refractivity contribution in [1.82, 2.24) is 0 Å². The fraction of sp³-hybridized carbons (Fsp3) is 0.471. The van der Waals surface area contributed by atoms with Crippen molar-refractivity contribution in [2.75, 3.05) is 13.2 Å². The molecule has 0 radical (unpaired) electrons. The van der Waals surface area contributed by atoms with Gasteiger partial charge in [-0.05, 0) is 31.5 Å². The Morgan fingerprint density at radius 1 is 1.17 bits per heavy atom. The van der Waals surface area contributed by atoms with Crippen LogP contribution in [0.5, 0.6) is 0 Å². The van der Waals surface area contributed by atoms with Gasteiger partial charge in [-0.25, -0.2) is 4.99 Å². The first-order valence-corrected chi connectivity index (χ1v) is 8.56. The molecule has 3 N–H and O–H groups in total. The lowest BCUT2D eigenvalue weighted by Gasteiger charge is -2.29. The van der Waals surface area contributed by atoms with Crippen molar-refractivity contribution in [3.05, 3.63) is 34.3 Å². The third-order valence-corrected chi connectivity index (χ3v) is 5.43. The molecule has 1 fully saturated rings. The van der Waals surface area contributed by atoms with E-state index in [0.29, 0.717) is 13.2 Å². The molecule has 1 aliphatic heterocycles. The van der Waals surface area contributed by atoms with Crippen LogP contribution in [0.15, 0.2) is 28.7 Å². The topological polar surface area (TPSA) is 106 Å². The van der Waals surface area contributed by atoms with Crippen LogP contribution in [0.1, 0.15) is 25.3 Å². The SMILES string of the molecule is CCOC1(OCC)[NH+]=C(N)[C@@]2(C#N)[C@@H](c3ccc(Br)cc3)[C@@]12C#N. The van der Waals surface area contributed by atoms with E-state index < -0.39 is 22.7 Å². The minimum absolute atomic E-state index is 0.223. The van der Waals surface area contributed by atoms with Gasteiger partial charge < -0.3 is 9.47 Å². The Kier molecular flexibility index (Phi) is 3.92. The molecule has 124 valence electrons. The van der Waals surface area contributed by atoms with Gasteiger partial charge in [0.1, 0.15) is 0 Å². The van der Waals surface area contributed by atoms with Crippen LogP contribution in [0.3, 0.4) is 0 Å². The number of ether oxygens (including phenoxy) is 2. The number of nitriles is 2. The van der Waals surface area contributed by atoms with Crippen molar-refractivity contribution in [1.29, 1.82) is 10.5 Å². The van der Waals surface area contributed by atoms with Gasteiger partial charge in [-0.3, -0.25) is 5.73 Å². The number of rotatable bonds is 5. The average molecular weight is 390 g/mol. The first-order chi connectivity index (χ1) is 11.5. The Balaban J connectivity index is 2.21. The van der Waals surface area contributed by atoms with Crippen LogP contribution in [-0.2, 0) is 9.47 Å². The molecule has 1 aliphatic carbocycles. The van der Waals surface area contributed by atoms with E-state index in [1.54, 1.807) is 0 Å². The summed E-state index contributed by atoms with van der Waals surface area (Å²) in [6.07, 6.45) is 0. The van der Waals surface area contributed by atoms with E-state index in [1.165, 1.54) is 0 Å². The molecular formula is C17H18BrN4O2+. The van der Waals surface area contributed by atoms with Crippen molar-refractivity contribution >= 4 is 21.8 Å². The molecule has 1 aromatic rings. The molecule has 0 aromatic heterocycles. The van der Waals surface area contributed by atoms with E-state index in [4.69, 9.17) is 15.2 Å². The van der Waals surface area contributed by atoms with Gasteiger partial charge in [0.15, 0.2) is 10.8 Å². The molecule has 1 saturated carbocycles. The van der Waals surface area contributed by atoms with Gasteiger partial charge in [-0.15, -0.1) is 0 Å². The Morgan fingerprint density at radius 3 is 2.21 bits per heavy atom. The van der Waals surface area contributed by atoms with Crippen molar-refractivity contribution in [2.45, 2.75) is 25.7 Å². The Bertz CT molecular complexity index is 773. The highest BCUT2D eigenvalue weighted by Crippen LogP contribution is 2.78. The first kappa shape index (κ1) is 16.9. The quantitative estimate of drug-likeness (QED) is 0.722. The molecule has 0 saturated heterocycles. The lowest BCUT2D eigenvalue weighted by molar-refractivity contribution is -0.693. The van der Waals surface area contributed by atoms with Crippen LogP contribution < -0.4 is 10.7 Å². The van der Waals surface area contributed by atoms with E-state index in [2.05, 4.69) is 33.1 Å². The molecule has 1 aromatic carbocycles. The van der Waals surface area contributed by atoms with Crippen LogP contribution >= 0.6 is 15.9 Å². The van der Waals surface area contributed by atoms with Gasteiger partial charge >= 0.3 is 5.91 Å². The van der Waals surface area contributed by atoms with Crippen LogP contribution in [0.4, 0.5) is 0 Å². The van der Waals surface area contributed by atoms with Crippen LogP contribution in [0, 0.1) is 33.5 Å². The summed E-state index contributed by atoms with van der Waals surface area (Å²) in [6, 6.07) is 12.1. The monoisotopic (exact) mass is 389 g/mol. The summed E-state index contributed by atoms with van der Waals surface area (Å²) in [5.41, 5.74) is 4.62. The molecule has 1 heterocycles. The molecule has 3 atom stereocenters. The highest BCUT2D eigenvalue weighted by Gasteiger charge is 2.97. The number of halogens is 1. The summed E-state index contributed by atoms with van der Waals surface area (Å²) < 4.78 is 12.6. The predicted octanol–water partition coefficient (Wildman–Crippen LogP) is 0.744. The van der Waals surface area contributed by atoms with E-state index >= 15 is 0 Å². The maximum Gasteiger partial charge on any atom is 0.343 e. The summed E-state index contributed by atoms with van der Waals surface area (Å²) in [5, 5.41) is 20.0. The lowest BCUT2D eigenvalue weighted by atomic mass is 9.93. The smallest absolute Gasteiger partial charge is 0.314 e. The van der Waals surface area contributed by atoms with Crippen molar-refractivity contribution < 1.29 is 14.5 Å². The number of fused-ring (bicyclic) bond motifs is 1. The van der Waals surface area contributed by atoms with E-state index in [0.717, 1.165) is 10.0 Å². The zero-order valence-electron chi connectivity index (χ0n) is 13.5. The van der Waals surface area contributed by atoms with E-state index in [9.17, 15) is 10.5 Å². The highest BCUT2D eigenvalue weighted by molar-refractivity contribution is 9.10.